The minimum absolute atomic E-state index is 0.0680. The Morgan fingerprint density at radius 3 is 2.29 bits per heavy atom. The SMILES string of the molecule is CCCCN1C(=O)[C@H](CC2CCCCC2)NC(=O)C12CCN(Cc1ccc(C(=O)N3CCCC3)cc1)CC2. The molecule has 0 aromatic heterocycles. The average molecular weight is 523 g/mol. The quantitative estimate of drug-likeness (QED) is 0.551. The van der Waals surface area contributed by atoms with Gasteiger partial charge in [-0.05, 0) is 62.1 Å². The molecule has 1 aromatic carbocycles. The van der Waals surface area contributed by atoms with E-state index in [1.54, 1.807) is 0 Å². The number of unbranched alkanes of at least 4 members (excludes halogenated alkanes) is 1. The lowest BCUT2D eigenvalue weighted by molar-refractivity contribution is -0.162. The van der Waals surface area contributed by atoms with Crippen molar-refractivity contribution in [2.75, 3.05) is 32.7 Å². The summed E-state index contributed by atoms with van der Waals surface area (Å²) in [6.45, 7) is 6.91. The molecule has 1 aliphatic carbocycles. The van der Waals surface area contributed by atoms with E-state index in [2.05, 4.69) is 29.3 Å². The summed E-state index contributed by atoms with van der Waals surface area (Å²) in [5.41, 5.74) is 1.23. The normalized spacial score (nSPS) is 24.7. The van der Waals surface area contributed by atoms with Crippen molar-refractivity contribution in [3.8, 4) is 0 Å². The first-order valence-corrected chi connectivity index (χ1v) is 15.2. The standard InChI is InChI=1S/C31H46N4O3/c1-2-3-19-35-29(37)27(22-24-9-5-4-6-10-24)32-30(38)31(35)15-20-33(21-16-31)23-25-11-13-26(14-12-25)28(36)34-17-7-8-18-34/h11-14,24,27H,2-10,15-23H2,1H3,(H,32,38)/t27-/m0/s1. The van der Waals surface area contributed by atoms with Crippen LogP contribution in [0.4, 0.5) is 0 Å². The molecule has 38 heavy (non-hydrogen) atoms. The maximum Gasteiger partial charge on any atom is 0.253 e. The fourth-order valence-corrected chi connectivity index (χ4v) is 7.12. The van der Waals surface area contributed by atoms with Gasteiger partial charge in [-0.1, -0.05) is 57.6 Å². The van der Waals surface area contributed by atoms with Gasteiger partial charge in [0.05, 0.1) is 0 Å². The molecule has 3 saturated heterocycles. The van der Waals surface area contributed by atoms with Crippen LogP contribution in [0.15, 0.2) is 24.3 Å². The number of piperidine rings is 1. The number of rotatable bonds is 8. The first-order valence-electron chi connectivity index (χ1n) is 15.2. The van der Waals surface area contributed by atoms with Gasteiger partial charge in [-0.25, -0.2) is 0 Å². The van der Waals surface area contributed by atoms with Gasteiger partial charge in [0.1, 0.15) is 11.6 Å². The molecule has 1 saturated carbocycles. The maximum atomic E-state index is 13.7. The second-order valence-electron chi connectivity index (χ2n) is 12.1. The molecule has 208 valence electrons. The highest BCUT2D eigenvalue weighted by Crippen LogP contribution is 2.36. The van der Waals surface area contributed by atoms with Crippen LogP contribution in [0.1, 0.15) is 99.9 Å². The van der Waals surface area contributed by atoms with Gasteiger partial charge in [-0.15, -0.1) is 0 Å². The zero-order chi connectivity index (χ0) is 26.5. The number of hydrogen-bond acceptors (Lipinski definition) is 4. The highest BCUT2D eigenvalue weighted by atomic mass is 16.2. The second-order valence-corrected chi connectivity index (χ2v) is 12.1. The number of piperazine rings is 1. The van der Waals surface area contributed by atoms with Crippen molar-refractivity contribution in [1.82, 2.24) is 20.0 Å². The molecule has 3 heterocycles. The largest absolute Gasteiger partial charge is 0.342 e. The van der Waals surface area contributed by atoms with Crippen molar-refractivity contribution in [2.45, 2.75) is 102 Å². The number of hydrogen-bond donors (Lipinski definition) is 1. The average Bonchev–Trinajstić information content (AvgIpc) is 3.49. The molecular weight excluding hydrogens is 476 g/mol. The van der Waals surface area contributed by atoms with E-state index in [0.29, 0.717) is 25.3 Å². The summed E-state index contributed by atoms with van der Waals surface area (Å²) in [7, 11) is 0. The van der Waals surface area contributed by atoms with Crippen LogP contribution in [0, 0.1) is 5.92 Å². The van der Waals surface area contributed by atoms with E-state index in [-0.39, 0.29) is 23.8 Å². The van der Waals surface area contributed by atoms with Gasteiger partial charge in [0.25, 0.3) is 5.91 Å². The Bertz CT molecular complexity index is 973. The maximum absolute atomic E-state index is 13.7. The molecule has 1 N–H and O–H groups in total. The molecule has 3 amide bonds. The van der Waals surface area contributed by atoms with Crippen LogP contribution in [0.5, 0.6) is 0 Å². The Morgan fingerprint density at radius 1 is 0.947 bits per heavy atom. The summed E-state index contributed by atoms with van der Waals surface area (Å²) in [4.78, 5) is 46.4. The molecule has 1 aromatic rings. The van der Waals surface area contributed by atoms with Crippen LogP contribution >= 0.6 is 0 Å². The molecule has 7 nitrogen and oxygen atoms in total. The van der Waals surface area contributed by atoms with Crippen molar-refractivity contribution in [3.63, 3.8) is 0 Å². The number of benzene rings is 1. The van der Waals surface area contributed by atoms with Gasteiger partial charge in [0.2, 0.25) is 11.8 Å². The highest BCUT2D eigenvalue weighted by molar-refractivity contribution is 6.00. The lowest BCUT2D eigenvalue weighted by atomic mass is 9.79. The minimum atomic E-state index is -0.710. The first-order chi connectivity index (χ1) is 18.5. The van der Waals surface area contributed by atoms with Crippen LogP contribution < -0.4 is 5.32 Å². The molecule has 0 radical (unpaired) electrons. The Labute approximate surface area is 228 Å². The van der Waals surface area contributed by atoms with Gasteiger partial charge in [-0.2, -0.15) is 0 Å². The van der Waals surface area contributed by atoms with Crippen molar-refractivity contribution in [1.29, 1.82) is 0 Å². The number of carbonyl (C=O) groups excluding carboxylic acids is 3. The van der Waals surface area contributed by atoms with Crippen molar-refractivity contribution in [2.24, 2.45) is 5.92 Å². The molecule has 1 atom stereocenters. The molecule has 1 spiro atoms. The predicted molar refractivity (Wildman–Crippen MR) is 149 cm³/mol. The zero-order valence-corrected chi connectivity index (χ0v) is 23.3. The van der Waals surface area contributed by atoms with Gasteiger partial charge in [-0.3, -0.25) is 19.3 Å². The number of likely N-dealkylation sites (tertiary alicyclic amines) is 2. The van der Waals surface area contributed by atoms with Crippen LogP contribution in [0.2, 0.25) is 0 Å². The molecule has 3 aliphatic heterocycles. The van der Waals surface area contributed by atoms with E-state index in [1.807, 2.05) is 21.9 Å². The lowest BCUT2D eigenvalue weighted by Crippen LogP contribution is -2.73. The minimum Gasteiger partial charge on any atom is -0.342 e. The van der Waals surface area contributed by atoms with E-state index in [9.17, 15) is 14.4 Å². The number of carbonyl (C=O) groups is 3. The summed E-state index contributed by atoms with van der Waals surface area (Å²) in [5.74, 6) is 0.906. The Hall–Kier alpha value is -2.41. The van der Waals surface area contributed by atoms with E-state index in [4.69, 9.17) is 0 Å². The van der Waals surface area contributed by atoms with Gasteiger partial charge in [0, 0.05) is 44.8 Å². The van der Waals surface area contributed by atoms with Crippen molar-refractivity contribution < 1.29 is 14.4 Å². The Balaban J connectivity index is 1.20. The third kappa shape index (κ3) is 5.78. The summed E-state index contributed by atoms with van der Waals surface area (Å²) < 4.78 is 0. The van der Waals surface area contributed by atoms with Crippen LogP contribution in [0.3, 0.4) is 0 Å². The highest BCUT2D eigenvalue weighted by Gasteiger charge is 2.53. The predicted octanol–water partition coefficient (Wildman–Crippen LogP) is 4.35. The Kier molecular flexibility index (Phi) is 8.71. The monoisotopic (exact) mass is 522 g/mol. The van der Waals surface area contributed by atoms with E-state index in [0.717, 1.165) is 70.4 Å². The van der Waals surface area contributed by atoms with Crippen LogP contribution in [0.25, 0.3) is 0 Å². The van der Waals surface area contributed by atoms with Crippen LogP contribution in [-0.2, 0) is 16.1 Å². The topological polar surface area (TPSA) is 73.0 Å². The smallest absolute Gasteiger partial charge is 0.253 e. The van der Waals surface area contributed by atoms with Crippen molar-refractivity contribution >= 4 is 17.7 Å². The zero-order valence-electron chi connectivity index (χ0n) is 23.3. The number of nitrogens with zero attached hydrogens (tertiary/aromatic N) is 3. The first kappa shape index (κ1) is 27.2. The third-order valence-electron chi connectivity index (χ3n) is 9.52. The van der Waals surface area contributed by atoms with Gasteiger partial charge < -0.3 is 15.1 Å². The summed E-state index contributed by atoms with van der Waals surface area (Å²) in [6, 6.07) is 7.68. The van der Waals surface area contributed by atoms with Gasteiger partial charge >= 0.3 is 0 Å². The van der Waals surface area contributed by atoms with E-state index >= 15 is 0 Å². The fourth-order valence-electron chi connectivity index (χ4n) is 7.12. The third-order valence-corrected chi connectivity index (χ3v) is 9.52. The van der Waals surface area contributed by atoms with Crippen LogP contribution in [-0.4, -0.2) is 76.7 Å². The second kappa shape index (κ2) is 12.2. The molecule has 0 unspecified atom stereocenters. The summed E-state index contributed by atoms with van der Waals surface area (Å²) >= 11 is 0. The fraction of sp³-hybridized carbons (Fsp3) is 0.710. The number of nitrogens with one attached hydrogen (secondary N) is 1. The molecule has 7 heteroatoms. The van der Waals surface area contributed by atoms with E-state index < -0.39 is 5.54 Å². The lowest BCUT2D eigenvalue weighted by Gasteiger charge is -2.52. The Morgan fingerprint density at radius 2 is 1.63 bits per heavy atom. The van der Waals surface area contributed by atoms with Gasteiger partial charge in [0.15, 0.2) is 0 Å². The summed E-state index contributed by atoms with van der Waals surface area (Å²) in [5, 5.41) is 3.20. The van der Waals surface area contributed by atoms with E-state index in [1.165, 1.54) is 37.7 Å². The molecule has 5 rings (SSSR count). The number of amides is 3. The molecular formula is C31H46N4O3. The summed E-state index contributed by atoms with van der Waals surface area (Å²) in [6.07, 6.45) is 12.4. The molecule has 4 fully saturated rings. The molecule has 0 bridgehead atoms. The molecule has 4 aliphatic rings. The van der Waals surface area contributed by atoms with Crippen molar-refractivity contribution in [3.05, 3.63) is 35.4 Å².